The summed E-state index contributed by atoms with van der Waals surface area (Å²) < 4.78 is 11.8. The molecule has 3 rings (SSSR count). The molecule has 0 aliphatic carbocycles. The molecule has 0 radical (unpaired) electrons. The van der Waals surface area contributed by atoms with Crippen LogP contribution in [-0.4, -0.2) is 29.1 Å². The van der Waals surface area contributed by atoms with Crippen molar-refractivity contribution in [2.45, 2.75) is 6.61 Å². The lowest BCUT2D eigenvalue weighted by Gasteiger charge is -2.13. The number of nitro groups is 2. The summed E-state index contributed by atoms with van der Waals surface area (Å²) in [6, 6.07) is 15.5. The van der Waals surface area contributed by atoms with Crippen LogP contribution in [0.2, 0.25) is 0 Å². The van der Waals surface area contributed by atoms with Crippen molar-refractivity contribution >= 4 is 39.4 Å². The number of carbonyl (C=O) groups excluding carboxylic acids is 1. The van der Waals surface area contributed by atoms with E-state index in [-0.39, 0.29) is 5.56 Å². The molecule has 3 aromatic carbocycles. The Kier molecular flexibility index (Phi) is 7.88. The number of non-ortho nitro benzene ring substituents is 2. The molecule has 34 heavy (non-hydrogen) atoms. The summed E-state index contributed by atoms with van der Waals surface area (Å²) in [5, 5.41) is 25.8. The van der Waals surface area contributed by atoms with Crippen molar-refractivity contribution in [1.29, 1.82) is 0 Å². The second kappa shape index (κ2) is 11.0. The second-order valence-corrected chi connectivity index (χ2v) is 7.61. The Labute approximate surface area is 201 Å². The first-order valence-electron chi connectivity index (χ1n) is 9.60. The average molecular weight is 529 g/mol. The molecular weight excluding hydrogens is 512 g/mol. The highest BCUT2D eigenvalue weighted by molar-refractivity contribution is 9.10. The van der Waals surface area contributed by atoms with E-state index in [1.807, 2.05) is 30.3 Å². The summed E-state index contributed by atoms with van der Waals surface area (Å²) in [6.45, 7) is 0.328. The van der Waals surface area contributed by atoms with Crippen LogP contribution in [0, 0.1) is 20.2 Å². The molecule has 174 valence electrons. The normalized spacial score (nSPS) is 10.6. The molecule has 0 atom stereocenters. The van der Waals surface area contributed by atoms with E-state index in [9.17, 15) is 25.0 Å². The molecule has 0 heterocycles. The van der Waals surface area contributed by atoms with Crippen LogP contribution in [0.5, 0.6) is 11.5 Å². The van der Waals surface area contributed by atoms with E-state index in [4.69, 9.17) is 9.47 Å². The Bertz CT molecular complexity index is 1230. The van der Waals surface area contributed by atoms with Crippen LogP contribution in [0.15, 0.2) is 70.2 Å². The van der Waals surface area contributed by atoms with Crippen molar-refractivity contribution < 1.29 is 24.1 Å². The SMILES string of the molecule is COc1cc(/C=N/NC(=O)c2cc([N+](=O)[O-])cc([N+](=O)[O-])c2)cc(Br)c1OCc1ccccc1. The number of methoxy groups -OCH3 is 1. The minimum atomic E-state index is -0.850. The standard InChI is InChI=1S/C22H17BrN4O7/c1-33-20-8-15(7-19(23)21(20)34-13-14-5-3-2-4-6-14)12-24-25-22(28)16-9-17(26(29)30)11-18(10-16)27(31)32/h2-12H,13H2,1H3,(H,25,28)/b24-12+. The number of carbonyl (C=O) groups is 1. The van der Waals surface area contributed by atoms with Gasteiger partial charge in [-0.2, -0.15) is 5.10 Å². The number of nitro benzene ring substituents is 2. The first kappa shape index (κ1) is 24.3. The number of amides is 1. The lowest BCUT2D eigenvalue weighted by molar-refractivity contribution is -0.394. The largest absolute Gasteiger partial charge is 0.493 e. The van der Waals surface area contributed by atoms with Crippen LogP contribution in [0.3, 0.4) is 0 Å². The Morgan fingerprint density at radius 2 is 1.71 bits per heavy atom. The summed E-state index contributed by atoms with van der Waals surface area (Å²) in [5.41, 5.74) is 2.28. The molecule has 1 N–H and O–H groups in total. The van der Waals surface area contributed by atoms with Gasteiger partial charge in [-0.25, -0.2) is 5.43 Å². The number of rotatable bonds is 9. The van der Waals surface area contributed by atoms with Gasteiger partial charge in [0.25, 0.3) is 17.3 Å². The summed E-state index contributed by atoms with van der Waals surface area (Å²) in [4.78, 5) is 32.7. The van der Waals surface area contributed by atoms with Crippen LogP contribution >= 0.6 is 15.9 Å². The maximum atomic E-state index is 12.3. The van der Waals surface area contributed by atoms with E-state index in [0.717, 1.165) is 23.8 Å². The third-order valence-corrected chi connectivity index (χ3v) is 5.03. The number of ether oxygens (including phenoxy) is 2. The van der Waals surface area contributed by atoms with E-state index >= 15 is 0 Å². The Morgan fingerprint density at radius 3 is 2.29 bits per heavy atom. The molecular formula is C22H17BrN4O7. The summed E-state index contributed by atoms with van der Waals surface area (Å²) in [5.74, 6) is 0.0562. The lowest BCUT2D eigenvalue weighted by Crippen LogP contribution is -2.18. The highest BCUT2D eigenvalue weighted by Crippen LogP contribution is 2.36. The zero-order valence-electron chi connectivity index (χ0n) is 17.6. The molecule has 1 amide bonds. The Balaban J connectivity index is 1.74. The highest BCUT2D eigenvalue weighted by atomic mass is 79.9. The molecule has 0 aliphatic rings. The molecule has 0 fully saturated rings. The molecule has 3 aromatic rings. The van der Waals surface area contributed by atoms with E-state index in [2.05, 4.69) is 26.5 Å². The molecule has 0 aliphatic heterocycles. The summed E-state index contributed by atoms with van der Waals surface area (Å²) >= 11 is 3.43. The fourth-order valence-corrected chi connectivity index (χ4v) is 3.43. The van der Waals surface area contributed by atoms with Gasteiger partial charge in [-0.05, 0) is 39.2 Å². The van der Waals surface area contributed by atoms with Gasteiger partial charge in [-0.3, -0.25) is 25.0 Å². The van der Waals surface area contributed by atoms with Crippen molar-refractivity contribution in [3.63, 3.8) is 0 Å². The van der Waals surface area contributed by atoms with Crippen LogP contribution in [-0.2, 0) is 6.61 Å². The van der Waals surface area contributed by atoms with Crippen LogP contribution in [0.25, 0.3) is 0 Å². The molecule has 11 nitrogen and oxygen atoms in total. The summed E-state index contributed by atoms with van der Waals surface area (Å²) in [6.07, 6.45) is 1.32. The van der Waals surface area contributed by atoms with E-state index in [1.54, 1.807) is 12.1 Å². The minimum absolute atomic E-state index is 0.276. The quantitative estimate of drug-likeness (QED) is 0.242. The van der Waals surface area contributed by atoms with E-state index in [1.165, 1.54) is 13.3 Å². The average Bonchev–Trinajstić information content (AvgIpc) is 2.83. The second-order valence-electron chi connectivity index (χ2n) is 6.76. The highest BCUT2D eigenvalue weighted by Gasteiger charge is 2.19. The molecule has 0 bridgehead atoms. The van der Waals surface area contributed by atoms with E-state index < -0.39 is 27.1 Å². The smallest absolute Gasteiger partial charge is 0.277 e. The Morgan fingerprint density at radius 1 is 1.06 bits per heavy atom. The number of hydrogen-bond donors (Lipinski definition) is 1. The monoisotopic (exact) mass is 528 g/mol. The van der Waals surface area contributed by atoms with Gasteiger partial charge in [-0.1, -0.05) is 30.3 Å². The van der Waals surface area contributed by atoms with Crippen molar-refractivity contribution in [1.82, 2.24) is 5.43 Å². The molecule has 0 saturated carbocycles. The molecule has 0 spiro atoms. The third kappa shape index (κ3) is 6.13. The van der Waals surface area contributed by atoms with Crippen LogP contribution in [0.1, 0.15) is 21.5 Å². The third-order valence-electron chi connectivity index (χ3n) is 4.44. The number of hydrogen-bond acceptors (Lipinski definition) is 8. The first-order valence-corrected chi connectivity index (χ1v) is 10.4. The van der Waals surface area contributed by atoms with Crippen molar-refractivity contribution in [3.05, 3.63) is 102 Å². The fraction of sp³-hybridized carbons (Fsp3) is 0.0909. The maximum absolute atomic E-state index is 12.3. The van der Waals surface area contributed by atoms with Crippen molar-refractivity contribution in [2.24, 2.45) is 5.10 Å². The number of nitrogens with one attached hydrogen (secondary N) is 1. The van der Waals surface area contributed by atoms with Crippen LogP contribution < -0.4 is 14.9 Å². The number of benzene rings is 3. The molecule has 0 aromatic heterocycles. The van der Waals surface area contributed by atoms with Gasteiger partial charge in [0.1, 0.15) is 6.61 Å². The fourth-order valence-electron chi connectivity index (χ4n) is 2.85. The minimum Gasteiger partial charge on any atom is -0.493 e. The maximum Gasteiger partial charge on any atom is 0.277 e. The molecule has 0 saturated heterocycles. The van der Waals surface area contributed by atoms with Gasteiger partial charge in [0.2, 0.25) is 0 Å². The number of hydrazone groups is 1. The molecule has 0 unspecified atom stereocenters. The number of halogens is 1. The number of nitrogens with zero attached hydrogens (tertiary/aromatic N) is 3. The zero-order chi connectivity index (χ0) is 24.7. The van der Waals surface area contributed by atoms with Gasteiger partial charge in [0.15, 0.2) is 11.5 Å². The van der Waals surface area contributed by atoms with Gasteiger partial charge in [-0.15, -0.1) is 0 Å². The first-order chi connectivity index (χ1) is 16.3. The van der Waals surface area contributed by atoms with Crippen molar-refractivity contribution in [3.8, 4) is 11.5 Å². The van der Waals surface area contributed by atoms with Gasteiger partial charge < -0.3 is 9.47 Å². The van der Waals surface area contributed by atoms with Crippen LogP contribution in [0.4, 0.5) is 11.4 Å². The van der Waals surface area contributed by atoms with Gasteiger partial charge in [0.05, 0.1) is 39.3 Å². The van der Waals surface area contributed by atoms with Gasteiger partial charge >= 0.3 is 0 Å². The predicted octanol–water partition coefficient (Wildman–Crippen LogP) is 4.62. The Hall–Kier alpha value is -4.32. The topological polar surface area (TPSA) is 146 Å². The molecule has 12 heteroatoms. The van der Waals surface area contributed by atoms with Gasteiger partial charge in [0, 0.05) is 12.1 Å². The zero-order valence-corrected chi connectivity index (χ0v) is 19.2. The van der Waals surface area contributed by atoms with Crippen molar-refractivity contribution in [2.75, 3.05) is 7.11 Å². The lowest BCUT2D eigenvalue weighted by atomic mass is 10.1. The van der Waals surface area contributed by atoms with E-state index in [0.29, 0.717) is 28.1 Å². The predicted molar refractivity (Wildman–Crippen MR) is 126 cm³/mol. The summed E-state index contributed by atoms with van der Waals surface area (Å²) in [7, 11) is 1.48.